The molecule has 2 aromatic rings. The number of benzene rings is 1. The van der Waals surface area contributed by atoms with Crippen LogP contribution >= 0.6 is 11.6 Å². The third kappa shape index (κ3) is 1.56. The Morgan fingerprint density at radius 3 is 2.77 bits per heavy atom. The van der Waals surface area contributed by atoms with Gasteiger partial charge in [0.1, 0.15) is 0 Å². The van der Waals surface area contributed by atoms with E-state index in [-0.39, 0.29) is 8.41 Å². The lowest BCUT2D eigenvalue weighted by Gasteiger charge is -1.84. The van der Waals surface area contributed by atoms with Crippen molar-refractivity contribution in [2.24, 2.45) is 0 Å². The molecule has 0 saturated heterocycles. The Kier molecular flexibility index (Phi) is 2.99. The topological polar surface area (TPSA) is 17.0 Å². The van der Waals surface area contributed by atoms with E-state index in [0.29, 0.717) is 5.35 Å². The number of aryl methyl sites for hydroxylation is 1. The van der Waals surface area contributed by atoms with E-state index >= 15 is 0 Å². The van der Waals surface area contributed by atoms with Crippen molar-refractivity contribution >= 4 is 31.1 Å². The van der Waals surface area contributed by atoms with Gasteiger partial charge in [-0.05, 0) is 13.0 Å². The van der Waals surface area contributed by atoms with E-state index in [1.165, 1.54) is 0 Å². The second-order valence-electron chi connectivity index (χ2n) is 2.57. The predicted octanol–water partition coefficient (Wildman–Crippen LogP) is 0.942. The van der Waals surface area contributed by atoms with Crippen molar-refractivity contribution < 1.29 is 8.98 Å². The quantitative estimate of drug-likeness (QED) is 0.491. The lowest BCUT2D eigenvalue weighted by atomic mass is 10.3. The number of fused-ring (bicyclic) bond motifs is 1. The molecule has 0 saturated carbocycles. The van der Waals surface area contributed by atoms with Gasteiger partial charge in [-0.25, -0.2) is 0 Å². The Hall–Kier alpha value is -0.955. The Labute approximate surface area is 83.7 Å². The average molecular weight is 197 g/mol. The fraction of sp³-hybridized carbons (Fsp3) is 0.222. The molecule has 0 atom stereocenters. The van der Waals surface area contributed by atoms with Crippen LogP contribution in [0.3, 0.4) is 0 Å². The molecule has 1 aromatic heterocycles. The van der Waals surface area contributed by atoms with Crippen LogP contribution in [0.2, 0.25) is 5.35 Å². The van der Waals surface area contributed by atoms with Gasteiger partial charge in [-0.3, -0.25) is 0 Å². The molecule has 0 N–H and O–H groups in total. The van der Waals surface area contributed by atoms with Crippen molar-refractivity contribution in [2.75, 3.05) is 0 Å². The Bertz CT molecular complexity index is 413. The van der Waals surface area contributed by atoms with Gasteiger partial charge < -0.3 is 4.42 Å². The molecule has 0 aliphatic heterocycles. The maximum Gasteiger partial charge on any atom is 0.450 e. The number of para-hydroxylation sites is 2. The summed E-state index contributed by atoms with van der Waals surface area (Å²) in [6, 6.07) is 7.81. The van der Waals surface area contributed by atoms with Crippen molar-refractivity contribution in [3.63, 3.8) is 0 Å². The molecule has 0 amide bonds. The Morgan fingerprint density at radius 1 is 1.38 bits per heavy atom. The zero-order valence-electron chi connectivity index (χ0n) is 6.75. The summed E-state index contributed by atoms with van der Waals surface area (Å²) in [5.74, 6) is 0. The lowest BCUT2D eigenvalue weighted by molar-refractivity contribution is -0.670. The number of aromatic nitrogens is 1. The van der Waals surface area contributed by atoms with Gasteiger partial charge in [0.2, 0.25) is 5.58 Å². The third-order valence-electron chi connectivity index (χ3n) is 1.88. The average Bonchev–Trinajstić information content (AvgIpc) is 2.40. The monoisotopic (exact) mass is 197 g/mol. The summed E-state index contributed by atoms with van der Waals surface area (Å²) in [6.07, 6.45) is 0. The summed E-state index contributed by atoms with van der Waals surface area (Å²) in [6.45, 7) is 2.86. The summed E-state index contributed by atoms with van der Waals surface area (Å²) in [4.78, 5) is 0. The zero-order valence-corrected chi connectivity index (χ0v) is 7.51. The van der Waals surface area contributed by atoms with Crippen LogP contribution in [0.1, 0.15) is 6.92 Å². The molecule has 0 unspecified atom stereocenters. The number of oxazole rings is 1. The largest absolute Gasteiger partial charge is 0.450 e. The van der Waals surface area contributed by atoms with Crippen LogP contribution in [-0.2, 0) is 6.54 Å². The second kappa shape index (κ2) is 3.84. The van der Waals surface area contributed by atoms with E-state index in [2.05, 4.69) is 0 Å². The smallest absolute Gasteiger partial charge is 0.389 e. The number of hydrogen-bond acceptors (Lipinski definition) is 1. The minimum atomic E-state index is 0. The molecule has 0 aliphatic carbocycles. The number of hydrogen-bond donors (Lipinski definition) is 0. The van der Waals surface area contributed by atoms with Crippen molar-refractivity contribution in [3.8, 4) is 0 Å². The van der Waals surface area contributed by atoms with Crippen LogP contribution in [0.25, 0.3) is 11.1 Å². The SMILES string of the molecule is CC[n+]1c(Cl)oc2ccccc21.[BH4-]. The predicted molar refractivity (Wildman–Crippen MR) is 58.4 cm³/mol. The maximum atomic E-state index is 5.86. The van der Waals surface area contributed by atoms with E-state index in [4.69, 9.17) is 16.0 Å². The fourth-order valence-electron chi connectivity index (χ4n) is 1.30. The van der Waals surface area contributed by atoms with Crippen LogP contribution in [0.15, 0.2) is 28.7 Å². The third-order valence-corrected chi connectivity index (χ3v) is 2.16. The van der Waals surface area contributed by atoms with Crippen LogP contribution < -0.4 is 4.57 Å². The van der Waals surface area contributed by atoms with Gasteiger partial charge >= 0.3 is 5.35 Å². The molecule has 1 heterocycles. The Balaban J connectivity index is 0.000000845. The lowest BCUT2D eigenvalue weighted by Crippen LogP contribution is -2.31. The number of rotatable bonds is 1. The summed E-state index contributed by atoms with van der Waals surface area (Å²) >= 11 is 5.86. The molecule has 0 radical (unpaired) electrons. The van der Waals surface area contributed by atoms with E-state index in [1.54, 1.807) is 0 Å². The van der Waals surface area contributed by atoms with Crippen molar-refractivity contribution in [1.82, 2.24) is 0 Å². The number of nitrogens with zero attached hydrogens (tertiary/aromatic N) is 1. The number of halogens is 1. The summed E-state index contributed by atoms with van der Waals surface area (Å²) < 4.78 is 7.25. The molecule has 13 heavy (non-hydrogen) atoms. The molecule has 2 nitrogen and oxygen atoms in total. The van der Waals surface area contributed by atoms with Gasteiger partial charge in [-0.1, -0.05) is 20.5 Å². The van der Waals surface area contributed by atoms with E-state index in [0.717, 1.165) is 17.6 Å². The highest BCUT2D eigenvalue weighted by molar-refractivity contribution is 6.27. The highest BCUT2D eigenvalue weighted by Gasteiger charge is 2.17. The normalized spacial score (nSPS) is 10.0. The summed E-state index contributed by atoms with van der Waals surface area (Å²) in [5, 5.41) is 0.443. The van der Waals surface area contributed by atoms with Gasteiger partial charge in [0.15, 0.2) is 6.54 Å². The first kappa shape index (κ1) is 10.1. The van der Waals surface area contributed by atoms with E-state index < -0.39 is 0 Å². The first-order chi connectivity index (χ1) is 5.83. The summed E-state index contributed by atoms with van der Waals surface area (Å²) in [7, 11) is 0. The van der Waals surface area contributed by atoms with Gasteiger partial charge in [-0.15, -0.1) is 4.57 Å². The first-order valence-corrected chi connectivity index (χ1v) is 4.27. The standard InChI is InChI=1S/C9H9ClNO.BH4/c1-2-11-7-5-3-4-6-8(7)12-9(11)10;/h3-6H,2H2,1H3;1H4/q+1;-1. The van der Waals surface area contributed by atoms with Crippen LogP contribution in [0.5, 0.6) is 0 Å². The molecule has 70 valence electrons. The zero-order chi connectivity index (χ0) is 8.55. The van der Waals surface area contributed by atoms with Crippen molar-refractivity contribution in [2.45, 2.75) is 13.5 Å². The van der Waals surface area contributed by atoms with Crippen molar-refractivity contribution in [3.05, 3.63) is 29.6 Å². The van der Waals surface area contributed by atoms with Crippen LogP contribution in [0, 0.1) is 0 Å². The maximum absolute atomic E-state index is 5.86. The minimum absolute atomic E-state index is 0. The first-order valence-electron chi connectivity index (χ1n) is 3.90. The van der Waals surface area contributed by atoms with Gasteiger partial charge in [0.25, 0.3) is 5.52 Å². The van der Waals surface area contributed by atoms with Crippen LogP contribution in [-0.4, -0.2) is 8.41 Å². The highest BCUT2D eigenvalue weighted by Crippen LogP contribution is 2.15. The van der Waals surface area contributed by atoms with Gasteiger partial charge in [0, 0.05) is 17.7 Å². The molecule has 0 fully saturated rings. The van der Waals surface area contributed by atoms with Crippen molar-refractivity contribution in [1.29, 1.82) is 0 Å². The fourth-order valence-corrected chi connectivity index (χ4v) is 1.60. The van der Waals surface area contributed by atoms with E-state index in [1.807, 2.05) is 35.8 Å². The van der Waals surface area contributed by atoms with Gasteiger partial charge in [0.05, 0.1) is 0 Å². The molecular formula is C9H13BClNO. The molecule has 0 spiro atoms. The molecular weight excluding hydrogens is 184 g/mol. The molecule has 2 rings (SSSR count). The van der Waals surface area contributed by atoms with Crippen LogP contribution in [0.4, 0.5) is 0 Å². The molecule has 0 bridgehead atoms. The minimum Gasteiger partial charge on any atom is -0.389 e. The highest BCUT2D eigenvalue weighted by atomic mass is 35.5. The molecule has 4 heteroatoms. The second-order valence-corrected chi connectivity index (χ2v) is 2.89. The van der Waals surface area contributed by atoms with Gasteiger partial charge in [-0.2, -0.15) is 0 Å². The summed E-state index contributed by atoms with van der Waals surface area (Å²) in [5.41, 5.74) is 1.88. The van der Waals surface area contributed by atoms with E-state index in [9.17, 15) is 0 Å². The molecule has 0 aliphatic rings. The molecule has 1 aromatic carbocycles. The Morgan fingerprint density at radius 2 is 2.08 bits per heavy atom.